The van der Waals surface area contributed by atoms with Crippen LogP contribution < -0.4 is 15.8 Å². The number of hydrogen-bond acceptors (Lipinski definition) is 4. The van der Waals surface area contributed by atoms with Crippen LogP contribution in [0.25, 0.3) is 0 Å². The predicted octanol–water partition coefficient (Wildman–Crippen LogP) is 1.87. The average molecular weight is 292 g/mol. The molecule has 1 fully saturated rings. The Morgan fingerprint density at radius 1 is 1.43 bits per heavy atom. The highest BCUT2D eigenvalue weighted by Crippen LogP contribution is 2.20. The van der Waals surface area contributed by atoms with Gasteiger partial charge in [0.1, 0.15) is 0 Å². The largest absolute Gasteiger partial charge is 0.348 e. The fraction of sp³-hybridized carbons (Fsp3) is 0.750. The maximum absolute atomic E-state index is 12.5. The third kappa shape index (κ3) is 4.06. The predicted molar refractivity (Wildman–Crippen MR) is 86.9 cm³/mol. The van der Waals surface area contributed by atoms with E-state index in [1.165, 1.54) is 6.42 Å². The van der Waals surface area contributed by atoms with Gasteiger partial charge in [-0.2, -0.15) is 0 Å². The van der Waals surface area contributed by atoms with E-state index in [2.05, 4.69) is 29.0 Å². The summed E-state index contributed by atoms with van der Waals surface area (Å²) in [5.74, 6) is 1.27. The smallest absolute Gasteiger partial charge is 0.293 e. The highest BCUT2D eigenvalue weighted by Gasteiger charge is 2.25. The zero-order valence-corrected chi connectivity index (χ0v) is 13.5. The first-order chi connectivity index (χ1) is 10.1. The first-order valence-electron chi connectivity index (χ1n) is 8.16. The number of rotatable bonds is 6. The minimum Gasteiger partial charge on any atom is -0.348 e. The first kappa shape index (κ1) is 16.0. The standard InChI is InChI=1S/C16H28N4O/c1-4-19-10-8-18-15(16(19)21)20-9-6-5-7-14(20)12-17-11-13(2)3/h8,10,13-14,17H,4-7,9,11-12H2,1-3H3. The molecule has 1 atom stereocenters. The summed E-state index contributed by atoms with van der Waals surface area (Å²) in [6, 6.07) is 0.380. The van der Waals surface area contributed by atoms with Crippen LogP contribution in [-0.2, 0) is 6.54 Å². The molecule has 0 spiro atoms. The number of hydrogen-bond donors (Lipinski definition) is 1. The van der Waals surface area contributed by atoms with Crippen LogP contribution in [0.5, 0.6) is 0 Å². The van der Waals surface area contributed by atoms with Gasteiger partial charge in [0.25, 0.3) is 5.56 Å². The number of aryl methyl sites for hydroxylation is 1. The minimum atomic E-state index is 0.0377. The van der Waals surface area contributed by atoms with Crippen LogP contribution in [0.15, 0.2) is 17.2 Å². The van der Waals surface area contributed by atoms with Gasteiger partial charge in [0, 0.05) is 38.1 Å². The van der Waals surface area contributed by atoms with Gasteiger partial charge >= 0.3 is 0 Å². The number of nitrogens with zero attached hydrogens (tertiary/aromatic N) is 3. The van der Waals surface area contributed by atoms with E-state index in [1.807, 2.05) is 6.92 Å². The van der Waals surface area contributed by atoms with Crippen molar-refractivity contribution in [3.8, 4) is 0 Å². The number of piperidine rings is 1. The third-order valence-corrected chi connectivity index (χ3v) is 4.07. The van der Waals surface area contributed by atoms with E-state index in [9.17, 15) is 4.79 Å². The highest BCUT2D eigenvalue weighted by molar-refractivity contribution is 5.38. The van der Waals surface area contributed by atoms with Crippen molar-refractivity contribution >= 4 is 5.82 Å². The molecule has 5 heteroatoms. The second kappa shape index (κ2) is 7.59. The molecular formula is C16H28N4O. The molecule has 2 heterocycles. The lowest BCUT2D eigenvalue weighted by Crippen LogP contribution is -2.48. The van der Waals surface area contributed by atoms with Crippen molar-refractivity contribution in [2.24, 2.45) is 5.92 Å². The second-order valence-electron chi connectivity index (χ2n) is 6.24. The summed E-state index contributed by atoms with van der Waals surface area (Å²) >= 11 is 0. The first-order valence-corrected chi connectivity index (χ1v) is 8.16. The normalized spacial score (nSPS) is 19.2. The van der Waals surface area contributed by atoms with Crippen LogP contribution in [0, 0.1) is 5.92 Å². The molecule has 118 valence electrons. The molecule has 1 N–H and O–H groups in total. The van der Waals surface area contributed by atoms with E-state index >= 15 is 0 Å². The lowest BCUT2D eigenvalue weighted by molar-refractivity contribution is 0.418. The SMILES string of the molecule is CCn1ccnc(N2CCCCC2CNCC(C)C)c1=O. The van der Waals surface area contributed by atoms with Gasteiger partial charge < -0.3 is 14.8 Å². The van der Waals surface area contributed by atoms with Crippen LogP contribution in [0.4, 0.5) is 5.82 Å². The molecule has 5 nitrogen and oxygen atoms in total. The van der Waals surface area contributed by atoms with Gasteiger partial charge in [0.2, 0.25) is 0 Å². The Labute approximate surface area is 127 Å². The Hall–Kier alpha value is -1.36. The molecular weight excluding hydrogens is 264 g/mol. The molecule has 1 unspecified atom stereocenters. The zero-order chi connectivity index (χ0) is 15.2. The van der Waals surface area contributed by atoms with Gasteiger partial charge in [-0.1, -0.05) is 13.8 Å². The Balaban J connectivity index is 2.13. The molecule has 1 aliphatic rings. The summed E-state index contributed by atoms with van der Waals surface area (Å²) in [5, 5.41) is 3.52. The summed E-state index contributed by atoms with van der Waals surface area (Å²) in [4.78, 5) is 19.0. The molecule has 0 saturated carbocycles. The van der Waals surface area contributed by atoms with Crippen molar-refractivity contribution in [3.63, 3.8) is 0 Å². The van der Waals surface area contributed by atoms with E-state index in [0.717, 1.165) is 32.5 Å². The summed E-state index contributed by atoms with van der Waals surface area (Å²) in [5.41, 5.74) is 0.0377. The maximum Gasteiger partial charge on any atom is 0.293 e. The van der Waals surface area contributed by atoms with E-state index in [0.29, 0.717) is 24.3 Å². The van der Waals surface area contributed by atoms with E-state index in [-0.39, 0.29) is 5.56 Å². The lowest BCUT2D eigenvalue weighted by atomic mass is 10.0. The number of anilines is 1. The average Bonchev–Trinajstić information content (AvgIpc) is 2.48. The molecule has 1 saturated heterocycles. The Morgan fingerprint density at radius 3 is 2.95 bits per heavy atom. The van der Waals surface area contributed by atoms with Crippen LogP contribution in [0.2, 0.25) is 0 Å². The fourth-order valence-corrected chi connectivity index (χ4v) is 2.91. The monoisotopic (exact) mass is 292 g/mol. The van der Waals surface area contributed by atoms with Crippen LogP contribution in [0.1, 0.15) is 40.0 Å². The van der Waals surface area contributed by atoms with Gasteiger partial charge in [0.05, 0.1) is 0 Å². The van der Waals surface area contributed by atoms with Gasteiger partial charge in [-0.25, -0.2) is 4.98 Å². The molecule has 0 aliphatic carbocycles. The van der Waals surface area contributed by atoms with Crippen LogP contribution in [0.3, 0.4) is 0 Å². The summed E-state index contributed by atoms with van der Waals surface area (Å²) in [6.07, 6.45) is 7.02. The zero-order valence-electron chi connectivity index (χ0n) is 13.5. The lowest BCUT2D eigenvalue weighted by Gasteiger charge is -2.36. The van der Waals surface area contributed by atoms with Crippen LogP contribution >= 0.6 is 0 Å². The Kier molecular flexibility index (Phi) is 5.79. The summed E-state index contributed by atoms with van der Waals surface area (Å²) in [6.45, 7) is 9.99. The van der Waals surface area contributed by atoms with Crippen molar-refractivity contribution in [3.05, 3.63) is 22.7 Å². The Morgan fingerprint density at radius 2 is 2.24 bits per heavy atom. The molecule has 0 amide bonds. The van der Waals surface area contributed by atoms with Crippen molar-refractivity contribution < 1.29 is 0 Å². The molecule has 1 aromatic rings. The minimum absolute atomic E-state index is 0.0377. The fourth-order valence-electron chi connectivity index (χ4n) is 2.91. The number of aromatic nitrogens is 2. The topological polar surface area (TPSA) is 50.2 Å². The van der Waals surface area contributed by atoms with Crippen molar-refractivity contribution in [1.29, 1.82) is 0 Å². The van der Waals surface area contributed by atoms with Gasteiger partial charge in [-0.05, 0) is 38.6 Å². The van der Waals surface area contributed by atoms with Gasteiger partial charge in [-0.3, -0.25) is 4.79 Å². The summed E-state index contributed by atoms with van der Waals surface area (Å²) < 4.78 is 1.73. The molecule has 0 bridgehead atoms. The molecule has 0 aromatic carbocycles. The molecule has 2 rings (SSSR count). The maximum atomic E-state index is 12.5. The second-order valence-corrected chi connectivity index (χ2v) is 6.24. The molecule has 1 aromatic heterocycles. The van der Waals surface area contributed by atoms with Crippen molar-refractivity contribution in [2.45, 2.75) is 52.6 Å². The van der Waals surface area contributed by atoms with Crippen LogP contribution in [-0.4, -0.2) is 35.2 Å². The summed E-state index contributed by atoms with van der Waals surface area (Å²) in [7, 11) is 0. The van der Waals surface area contributed by atoms with Crippen molar-refractivity contribution in [2.75, 3.05) is 24.5 Å². The van der Waals surface area contributed by atoms with Crippen molar-refractivity contribution in [1.82, 2.24) is 14.9 Å². The Bertz CT molecular complexity index is 497. The highest BCUT2D eigenvalue weighted by atomic mass is 16.1. The van der Waals surface area contributed by atoms with Gasteiger partial charge in [-0.15, -0.1) is 0 Å². The van der Waals surface area contributed by atoms with Gasteiger partial charge in [0.15, 0.2) is 5.82 Å². The number of nitrogens with one attached hydrogen (secondary N) is 1. The quantitative estimate of drug-likeness (QED) is 0.869. The third-order valence-electron chi connectivity index (χ3n) is 4.07. The van der Waals surface area contributed by atoms with E-state index < -0.39 is 0 Å². The molecule has 1 aliphatic heterocycles. The molecule has 21 heavy (non-hydrogen) atoms. The van der Waals surface area contributed by atoms with E-state index in [1.54, 1.807) is 17.0 Å². The molecule has 0 radical (unpaired) electrons. The van der Waals surface area contributed by atoms with E-state index in [4.69, 9.17) is 0 Å².